The number of aliphatic carboxylic acids is 1. The summed E-state index contributed by atoms with van der Waals surface area (Å²) >= 11 is 0. The van der Waals surface area contributed by atoms with Crippen LogP contribution >= 0.6 is 0 Å². The van der Waals surface area contributed by atoms with Gasteiger partial charge >= 0.3 is 5.97 Å². The van der Waals surface area contributed by atoms with Gasteiger partial charge in [-0.05, 0) is 30.6 Å². The number of rotatable bonds is 4. The first-order chi connectivity index (χ1) is 8.02. The molecular weight excluding hydrogens is 218 g/mol. The summed E-state index contributed by atoms with van der Waals surface area (Å²) in [5.74, 6) is 0.117. The lowest BCUT2D eigenvalue weighted by atomic mass is 10.0. The normalized spacial score (nSPS) is 32.8. The first kappa shape index (κ1) is 12.4. The molecule has 0 spiro atoms. The number of hydrogen-bond acceptors (Lipinski definition) is 2. The van der Waals surface area contributed by atoms with Gasteiger partial charge in [0.2, 0.25) is 5.91 Å². The van der Waals surface area contributed by atoms with Gasteiger partial charge in [-0.3, -0.25) is 4.79 Å². The van der Waals surface area contributed by atoms with Crippen molar-refractivity contribution in [3.05, 3.63) is 0 Å². The summed E-state index contributed by atoms with van der Waals surface area (Å²) in [4.78, 5) is 23.0. The third-order valence-electron chi connectivity index (χ3n) is 4.19. The van der Waals surface area contributed by atoms with Crippen LogP contribution in [0.4, 0.5) is 0 Å². The van der Waals surface area contributed by atoms with E-state index in [1.807, 2.05) is 13.8 Å². The molecule has 2 unspecified atom stereocenters. The molecule has 1 amide bonds. The quantitative estimate of drug-likeness (QED) is 0.784. The molecule has 2 aliphatic rings. The zero-order chi connectivity index (χ0) is 12.6. The van der Waals surface area contributed by atoms with Crippen LogP contribution in [-0.2, 0) is 9.59 Å². The van der Waals surface area contributed by atoms with Crippen LogP contribution in [0.2, 0.25) is 0 Å². The molecular formula is C13H21NO3. The highest BCUT2D eigenvalue weighted by Crippen LogP contribution is 2.55. The van der Waals surface area contributed by atoms with Gasteiger partial charge in [-0.2, -0.15) is 0 Å². The number of carboxylic acid groups (broad SMARTS) is 1. The highest BCUT2D eigenvalue weighted by atomic mass is 16.4. The Balaban J connectivity index is 1.91. The Morgan fingerprint density at radius 1 is 1.18 bits per heavy atom. The van der Waals surface area contributed by atoms with E-state index >= 15 is 0 Å². The molecule has 2 fully saturated rings. The van der Waals surface area contributed by atoms with Crippen molar-refractivity contribution in [2.45, 2.75) is 45.6 Å². The smallest absolute Gasteiger partial charge is 0.326 e. The maximum Gasteiger partial charge on any atom is 0.326 e. The molecule has 96 valence electrons. The van der Waals surface area contributed by atoms with Crippen molar-refractivity contribution in [1.82, 2.24) is 5.32 Å². The molecule has 2 aliphatic carbocycles. The van der Waals surface area contributed by atoms with Gasteiger partial charge in [0.1, 0.15) is 6.04 Å². The Hall–Kier alpha value is -1.06. The summed E-state index contributed by atoms with van der Waals surface area (Å²) in [5, 5.41) is 11.7. The second-order valence-electron chi connectivity index (χ2n) is 5.71. The maximum atomic E-state index is 12.0. The van der Waals surface area contributed by atoms with E-state index < -0.39 is 12.0 Å². The minimum atomic E-state index is -0.933. The Bertz CT molecular complexity index is 315. The molecule has 3 atom stereocenters. The minimum Gasteiger partial charge on any atom is -0.480 e. The topological polar surface area (TPSA) is 66.4 Å². The zero-order valence-corrected chi connectivity index (χ0v) is 10.5. The van der Waals surface area contributed by atoms with E-state index in [4.69, 9.17) is 5.11 Å². The lowest BCUT2D eigenvalue weighted by molar-refractivity contribution is -0.143. The summed E-state index contributed by atoms with van der Waals surface area (Å²) in [7, 11) is 0. The molecule has 2 N–H and O–H groups in total. The van der Waals surface area contributed by atoms with Crippen LogP contribution in [0.5, 0.6) is 0 Å². The van der Waals surface area contributed by atoms with Gasteiger partial charge in [-0.25, -0.2) is 4.79 Å². The van der Waals surface area contributed by atoms with Crippen molar-refractivity contribution >= 4 is 11.9 Å². The van der Waals surface area contributed by atoms with Crippen LogP contribution in [0, 0.1) is 23.7 Å². The van der Waals surface area contributed by atoms with Crippen molar-refractivity contribution < 1.29 is 14.7 Å². The van der Waals surface area contributed by atoms with Gasteiger partial charge in [0.25, 0.3) is 0 Å². The number of carbonyl (C=O) groups is 2. The number of hydrogen-bond donors (Lipinski definition) is 2. The predicted molar refractivity (Wildman–Crippen MR) is 63.3 cm³/mol. The fourth-order valence-corrected chi connectivity index (χ4v) is 3.14. The molecule has 2 saturated carbocycles. The summed E-state index contributed by atoms with van der Waals surface area (Å²) in [6.45, 7) is 3.64. The number of carbonyl (C=O) groups excluding carboxylic acids is 1. The Morgan fingerprint density at radius 2 is 1.71 bits per heavy atom. The van der Waals surface area contributed by atoms with Crippen molar-refractivity contribution in [1.29, 1.82) is 0 Å². The van der Waals surface area contributed by atoms with Crippen LogP contribution in [-0.4, -0.2) is 23.0 Å². The van der Waals surface area contributed by atoms with Gasteiger partial charge in [-0.15, -0.1) is 0 Å². The fourth-order valence-electron chi connectivity index (χ4n) is 3.14. The fraction of sp³-hybridized carbons (Fsp3) is 0.846. The molecule has 2 rings (SSSR count). The lowest BCUT2D eigenvalue weighted by Crippen LogP contribution is -2.45. The Labute approximate surface area is 102 Å². The van der Waals surface area contributed by atoms with Crippen LogP contribution in [0.1, 0.15) is 39.5 Å². The van der Waals surface area contributed by atoms with E-state index in [0.29, 0.717) is 11.8 Å². The standard InChI is InChI=1S/C13H21NO3/c1-7(2)11(13(16)17)14-12(15)10-8-5-3-4-6-9(8)10/h7-11H,3-6H2,1-2H3,(H,14,15)(H,16,17)/t8?,9?,10?,11-/m1/s1. The number of nitrogens with one attached hydrogen (secondary N) is 1. The van der Waals surface area contributed by atoms with Crippen LogP contribution in [0.15, 0.2) is 0 Å². The van der Waals surface area contributed by atoms with Crippen LogP contribution in [0.25, 0.3) is 0 Å². The first-order valence-electron chi connectivity index (χ1n) is 6.55. The molecule has 4 nitrogen and oxygen atoms in total. The van der Waals surface area contributed by atoms with Crippen molar-refractivity contribution in [2.24, 2.45) is 23.7 Å². The monoisotopic (exact) mass is 239 g/mol. The van der Waals surface area contributed by atoms with E-state index in [1.54, 1.807) is 0 Å². The minimum absolute atomic E-state index is 0.0389. The van der Waals surface area contributed by atoms with E-state index in [9.17, 15) is 9.59 Å². The third-order valence-corrected chi connectivity index (χ3v) is 4.19. The number of fused-ring (bicyclic) bond motifs is 1. The van der Waals surface area contributed by atoms with E-state index in [0.717, 1.165) is 12.8 Å². The summed E-state index contributed by atoms with van der Waals surface area (Å²) in [6.07, 6.45) is 4.72. The third kappa shape index (κ3) is 2.45. The summed E-state index contributed by atoms with van der Waals surface area (Å²) in [5.41, 5.74) is 0. The molecule has 4 heteroatoms. The molecule has 0 heterocycles. The number of amides is 1. The Kier molecular flexibility index (Phi) is 3.40. The highest BCUT2D eigenvalue weighted by molar-refractivity contribution is 5.87. The van der Waals surface area contributed by atoms with E-state index in [2.05, 4.69) is 5.32 Å². The van der Waals surface area contributed by atoms with Crippen molar-refractivity contribution in [3.63, 3.8) is 0 Å². The first-order valence-corrected chi connectivity index (χ1v) is 6.55. The zero-order valence-electron chi connectivity index (χ0n) is 10.5. The van der Waals surface area contributed by atoms with Crippen LogP contribution in [0.3, 0.4) is 0 Å². The average Bonchev–Trinajstić information content (AvgIpc) is 2.98. The van der Waals surface area contributed by atoms with Crippen molar-refractivity contribution in [3.8, 4) is 0 Å². The molecule has 0 aromatic heterocycles. The molecule has 0 aromatic rings. The van der Waals surface area contributed by atoms with E-state index in [1.165, 1.54) is 12.8 Å². The van der Waals surface area contributed by atoms with Gasteiger partial charge < -0.3 is 10.4 Å². The van der Waals surface area contributed by atoms with Gasteiger partial charge in [-0.1, -0.05) is 26.7 Å². The molecule has 0 bridgehead atoms. The average molecular weight is 239 g/mol. The van der Waals surface area contributed by atoms with E-state index in [-0.39, 0.29) is 17.7 Å². The molecule has 17 heavy (non-hydrogen) atoms. The largest absolute Gasteiger partial charge is 0.480 e. The second-order valence-corrected chi connectivity index (χ2v) is 5.71. The molecule has 0 radical (unpaired) electrons. The molecule has 0 saturated heterocycles. The van der Waals surface area contributed by atoms with Crippen molar-refractivity contribution in [2.75, 3.05) is 0 Å². The molecule has 0 aliphatic heterocycles. The van der Waals surface area contributed by atoms with Gasteiger partial charge in [0.15, 0.2) is 0 Å². The Morgan fingerprint density at radius 3 is 2.12 bits per heavy atom. The van der Waals surface area contributed by atoms with Crippen LogP contribution < -0.4 is 5.32 Å². The highest BCUT2D eigenvalue weighted by Gasteiger charge is 2.55. The predicted octanol–water partition coefficient (Wildman–Crippen LogP) is 1.65. The summed E-state index contributed by atoms with van der Waals surface area (Å²) in [6, 6.07) is -0.745. The van der Waals surface area contributed by atoms with Gasteiger partial charge in [0.05, 0.1) is 0 Å². The second kappa shape index (κ2) is 4.67. The lowest BCUT2D eigenvalue weighted by Gasteiger charge is -2.17. The van der Waals surface area contributed by atoms with Gasteiger partial charge in [0, 0.05) is 5.92 Å². The summed E-state index contributed by atoms with van der Waals surface area (Å²) < 4.78 is 0. The maximum absolute atomic E-state index is 12.0. The molecule has 0 aromatic carbocycles. The SMILES string of the molecule is CC(C)[C@@H](NC(=O)C1C2CCCCC21)C(=O)O. The number of carboxylic acids is 1.